The van der Waals surface area contributed by atoms with Gasteiger partial charge in [-0.2, -0.15) is 0 Å². The van der Waals surface area contributed by atoms with Crippen LogP contribution in [-0.2, 0) is 6.54 Å². The summed E-state index contributed by atoms with van der Waals surface area (Å²) in [7, 11) is 1.98. The monoisotopic (exact) mass is 271 g/mol. The zero-order valence-corrected chi connectivity index (χ0v) is 11.5. The fraction of sp³-hybridized carbons (Fsp3) is 0.267. The minimum Gasteiger partial charge on any atom is -0.477 e. The molecule has 0 saturated heterocycles. The van der Waals surface area contributed by atoms with Crippen LogP contribution < -0.4 is 0 Å². The lowest BCUT2D eigenvalue weighted by atomic mass is 10.1. The predicted octanol–water partition coefficient (Wildman–Crippen LogP) is 2.37. The van der Waals surface area contributed by atoms with Gasteiger partial charge < -0.3 is 5.11 Å². The third kappa shape index (κ3) is 3.39. The van der Waals surface area contributed by atoms with Gasteiger partial charge in [0.1, 0.15) is 5.69 Å². The van der Waals surface area contributed by atoms with Crippen LogP contribution in [0.4, 0.5) is 0 Å². The number of hydrogen-bond donors (Lipinski definition) is 1. The lowest BCUT2D eigenvalue weighted by molar-refractivity contribution is 0.0690. The Morgan fingerprint density at radius 2 is 2.15 bits per heavy atom. The van der Waals surface area contributed by atoms with Crippen molar-refractivity contribution in [3.8, 4) is 0 Å². The molecule has 0 aliphatic heterocycles. The van der Waals surface area contributed by atoms with E-state index in [1.807, 2.05) is 31.4 Å². The number of carbonyl (C=O) groups is 1. The van der Waals surface area contributed by atoms with Crippen LogP contribution in [0.15, 0.2) is 42.7 Å². The van der Waals surface area contributed by atoms with Crippen LogP contribution in [0.1, 0.15) is 34.7 Å². The molecule has 2 heterocycles. The van der Waals surface area contributed by atoms with Crippen LogP contribution in [0.5, 0.6) is 0 Å². The number of hydrogen-bond acceptors (Lipinski definition) is 4. The fourth-order valence-corrected chi connectivity index (χ4v) is 1.96. The summed E-state index contributed by atoms with van der Waals surface area (Å²) in [5.74, 6) is -1.00. The summed E-state index contributed by atoms with van der Waals surface area (Å²) in [5, 5.41) is 8.95. The van der Waals surface area contributed by atoms with E-state index < -0.39 is 5.97 Å². The van der Waals surface area contributed by atoms with E-state index in [-0.39, 0.29) is 11.7 Å². The fourth-order valence-electron chi connectivity index (χ4n) is 1.96. The predicted molar refractivity (Wildman–Crippen MR) is 75.3 cm³/mol. The second kappa shape index (κ2) is 6.25. The highest BCUT2D eigenvalue weighted by Gasteiger charge is 2.13. The molecule has 0 saturated carbocycles. The van der Waals surface area contributed by atoms with Gasteiger partial charge in [-0.25, -0.2) is 9.78 Å². The number of pyridine rings is 2. The Labute approximate surface area is 117 Å². The number of carboxylic acids is 1. The molecule has 104 valence electrons. The summed E-state index contributed by atoms with van der Waals surface area (Å²) in [6.07, 6.45) is 3.58. The smallest absolute Gasteiger partial charge is 0.354 e. The molecule has 0 radical (unpaired) electrons. The molecule has 1 atom stereocenters. The molecule has 20 heavy (non-hydrogen) atoms. The molecule has 0 fully saturated rings. The van der Waals surface area contributed by atoms with Gasteiger partial charge in [-0.05, 0) is 37.7 Å². The normalized spacial score (nSPS) is 12.3. The van der Waals surface area contributed by atoms with Crippen molar-refractivity contribution in [3.05, 3.63) is 59.7 Å². The lowest BCUT2D eigenvalue weighted by Gasteiger charge is -2.24. The van der Waals surface area contributed by atoms with Crippen LogP contribution in [0.2, 0.25) is 0 Å². The first-order valence-electron chi connectivity index (χ1n) is 6.37. The first-order chi connectivity index (χ1) is 9.58. The van der Waals surface area contributed by atoms with Gasteiger partial charge in [-0.15, -0.1) is 0 Å². The first kappa shape index (κ1) is 14.1. The molecule has 1 unspecified atom stereocenters. The molecule has 2 rings (SSSR count). The summed E-state index contributed by atoms with van der Waals surface area (Å²) >= 11 is 0. The second-order valence-corrected chi connectivity index (χ2v) is 4.70. The molecule has 2 aromatic heterocycles. The highest BCUT2D eigenvalue weighted by molar-refractivity contribution is 5.85. The van der Waals surface area contributed by atoms with Gasteiger partial charge in [0.15, 0.2) is 0 Å². The van der Waals surface area contributed by atoms with Gasteiger partial charge in [0.25, 0.3) is 0 Å². The van der Waals surface area contributed by atoms with Crippen molar-refractivity contribution >= 4 is 5.97 Å². The average Bonchev–Trinajstić information content (AvgIpc) is 2.47. The lowest BCUT2D eigenvalue weighted by Crippen LogP contribution is -2.23. The number of nitrogens with zero attached hydrogens (tertiary/aromatic N) is 3. The maximum atomic E-state index is 10.9. The van der Waals surface area contributed by atoms with Crippen LogP contribution in [0, 0.1) is 0 Å². The maximum absolute atomic E-state index is 10.9. The van der Waals surface area contributed by atoms with Gasteiger partial charge >= 0.3 is 5.97 Å². The SMILES string of the molecule is CC(c1cccnc1)N(C)Cc1cccc(C(=O)O)n1. The molecule has 0 bridgehead atoms. The largest absolute Gasteiger partial charge is 0.477 e. The van der Waals surface area contributed by atoms with Gasteiger partial charge in [0.2, 0.25) is 0 Å². The van der Waals surface area contributed by atoms with Crippen LogP contribution >= 0.6 is 0 Å². The van der Waals surface area contributed by atoms with E-state index in [1.54, 1.807) is 12.3 Å². The van der Waals surface area contributed by atoms with E-state index in [1.165, 1.54) is 6.07 Å². The highest BCUT2D eigenvalue weighted by atomic mass is 16.4. The molecule has 0 aliphatic carbocycles. The van der Waals surface area contributed by atoms with Gasteiger partial charge in [0, 0.05) is 25.0 Å². The molecule has 0 amide bonds. The number of aromatic nitrogens is 2. The van der Waals surface area contributed by atoms with E-state index in [4.69, 9.17) is 5.11 Å². The summed E-state index contributed by atoms with van der Waals surface area (Å²) in [6.45, 7) is 2.66. The minimum atomic E-state index is -1.00. The zero-order valence-electron chi connectivity index (χ0n) is 11.5. The van der Waals surface area contributed by atoms with Crippen LogP contribution in [0.3, 0.4) is 0 Å². The van der Waals surface area contributed by atoms with Crippen molar-refractivity contribution in [2.24, 2.45) is 0 Å². The molecule has 5 heteroatoms. The molecular weight excluding hydrogens is 254 g/mol. The molecular formula is C15H17N3O2. The standard InChI is InChI=1S/C15H17N3O2/c1-11(12-5-4-8-16-9-12)18(2)10-13-6-3-7-14(17-13)15(19)20/h3-9,11H,10H2,1-2H3,(H,19,20). The molecule has 2 aromatic rings. The van der Waals surface area contributed by atoms with Gasteiger partial charge in [0.05, 0.1) is 5.69 Å². The summed E-state index contributed by atoms with van der Waals surface area (Å²) in [4.78, 5) is 21.3. The summed E-state index contributed by atoms with van der Waals surface area (Å²) in [6, 6.07) is 9.15. The molecule has 0 spiro atoms. The van der Waals surface area contributed by atoms with E-state index in [9.17, 15) is 4.79 Å². The number of aromatic carboxylic acids is 1. The van der Waals surface area contributed by atoms with E-state index in [0.717, 1.165) is 11.3 Å². The van der Waals surface area contributed by atoms with Crippen molar-refractivity contribution in [3.63, 3.8) is 0 Å². The number of carboxylic acid groups (broad SMARTS) is 1. The number of rotatable bonds is 5. The van der Waals surface area contributed by atoms with E-state index in [0.29, 0.717) is 6.54 Å². The average molecular weight is 271 g/mol. The highest BCUT2D eigenvalue weighted by Crippen LogP contribution is 2.19. The molecule has 0 aliphatic rings. The van der Waals surface area contributed by atoms with Crippen molar-refractivity contribution in [2.75, 3.05) is 7.05 Å². The van der Waals surface area contributed by atoms with E-state index in [2.05, 4.69) is 21.8 Å². The van der Waals surface area contributed by atoms with Crippen molar-refractivity contribution in [2.45, 2.75) is 19.5 Å². The Kier molecular flexibility index (Phi) is 4.42. The summed E-state index contributed by atoms with van der Waals surface area (Å²) in [5.41, 5.74) is 1.93. The summed E-state index contributed by atoms with van der Waals surface area (Å²) < 4.78 is 0. The third-order valence-corrected chi connectivity index (χ3v) is 3.27. The van der Waals surface area contributed by atoms with Crippen molar-refractivity contribution in [1.29, 1.82) is 0 Å². The quantitative estimate of drug-likeness (QED) is 0.904. The Hall–Kier alpha value is -2.27. The Balaban J connectivity index is 2.09. The molecule has 5 nitrogen and oxygen atoms in total. The maximum Gasteiger partial charge on any atom is 0.354 e. The molecule has 0 aromatic carbocycles. The topological polar surface area (TPSA) is 66.3 Å². The van der Waals surface area contributed by atoms with Crippen LogP contribution in [0.25, 0.3) is 0 Å². The second-order valence-electron chi connectivity index (χ2n) is 4.70. The van der Waals surface area contributed by atoms with Gasteiger partial charge in [-0.1, -0.05) is 12.1 Å². The van der Waals surface area contributed by atoms with Crippen molar-refractivity contribution < 1.29 is 9.90 Å². The third-order valence-electron chi connectivity index (χ3n) is 3.27. The Morgan fingerprint density at radius 3 is 2.80 bits per heavy atom. The first-order valence-corrected chi connectivity index (χ1v) is 6.37. The zero-order chi connectivity index (χ0) is 14.5. The minimum absolute atomic E-state index is 0.0740. The Bertz CT molecular complexity index is 587. The van der Waals surface area contributed by atoms with E-state index >= 15 is 0 Å². The van der Waals surface area contributed by atoms with Crippen molar-refractivity contribution in [1.82, 2.24) is 14.9 Å². The van der Waals surface area contributed by atoms with Gasteiger partial charge in [-0.3, -0.25) is 9.88 Å². The van der Waals surface area contributed by atoms with Crippen LogP contribution in [-0.4, -0.2) is 33.0 Å². The Morgan fingerprint density at radius 1 is 1.35 bits per heavy atom. The molecule has 1 N–H and O–H groups in total.